The fraction of sp³-hybridized carbons (Fsp3) is 0.318. The van der Waals surface area contributed by atoms with Crippen LogP contribution in [-0.2, 0) is 9.59 Å². The molecule has 0 atom stereocenters. The Labute approximate surface area is 171 Å². The van der Waals surface area contributed by atoms with Crippen molar-refractivity contribution in [3.63, 3.8) is 0 Å². The predicted octanol–water partition coefficient (Wildman–Crippen LogP) is 2.31. The number of carbonyl (C=O) groups excluding carboxylic acids is 2. The lowest BCUT2D eigenvalue weighted by atomic mass is 10.2. The number of nitrogens with one attached hydrogen (secondary N) is 2. The second-order valence-electron chi connectivity index (χ2n) is 7.01. The van der Waals surface area contributed by atoms with Crippen molar-refractivity contribution >= 4 is 29.4 Å². The predicted molar refractivity (Wildman–Crippen MR) is 116 cm³/mol. The van der Waals surface area contributed by atoms with E-state index in [-0.39, 0.29) is 11.8 Å². The first-order chi connectivity index (χ1) is 14.1. The van der Waals surface area contributed by atoms with Gasteiger partial charge in [-0.25, -0.2) is 5.43 Å². The number of amides is 2. The molecule has 0 saturated carbocycles. The molecule has 2 aromatic rings. The van der Waals surface area contributed by atoms with Gasteiger partial charge in [0.05, 0.1) is 6.21 Å². The zero-order chi connectivity index (χ0) is 20.5. The molecular formula is C22H27N5O2. The first-order valence-electron chi connectivity index (χ1n) is 9.82. The van der Waals surface area contributed by atoms with Gasteiger partial charge in [-0.15, -0.1) is 0 Å². The van der Waals surface area contributed by atoms with E-state index in [9.17, 15) is 9.59 Å². The van der Waals surface area contributed by atoms with E-state index in [0.717, 1.165) is 44.0 Å². The molecule has 0 bridgehead atoms. The van der Waals surface area contributed by atoms with Crippen LogP contribution in [0.1, 0.15) is 18.9 Å². The molecule has 1 fully saturated rings. The Kier molecular flexibility index (Phi) is 7.35. The number of hydrogen-bond donors (Lipinski definition) is 2. The fourth-order valence-electron chi connectivity index (χ4n) is 3.22. The van der Waals surface area contributed by atoms with Gasteiger partial charge in [0, 0.05) is 57.4 Å². The highest BCUT2D eigenvalue weighted by atomic mass is 16.2. The van der Waals surface area contributed by atoms with Gasteiger partial charge in [0.25, 0.3) is 0 Å². The maximum Gasteiger partial charge on any atom is 0.241 e. The van der Waals surface area contributed by atoms with Crippen LogP contribution in [-0.4, -0.2) is 55.7 Å². The molecule has 7 heteroatoms. The molecule has 0 aliphatic carbocycles. The Morgan fingerprint density at radius 1 is 1.00 bits per heavy atom. The summed E-state index contributed by atoms with van der Waals surface area (Å²) in [5.74, 6) is -0.207. The van der Waals surface area contributed by atoms with E-state index in [1.807, 2.05) is 18.2 Å². The first-order valence-corrected chi connectivity index (χ1v) is 9.82. The van der Waals surface area contributed by atoms with E-state index in [1.54, 1.807) is 18.3 Å². The number of para-hydroxylation sites is 1. The number of hydrazone groups is 1. The third-order valence-corrected chi connectivity index (χ3v) is 4.78. The minimum atomic E-state index is -0.111. The van der Waals surface area contributed by atoms with Gasteiger partial charge in [-0.05, 0) is 29.8 Å². The number of carbonyl (C=O) groups is 2. The van der Waals surface area contributed by atoms with Crippen LogP contribution in [0, 0.1) is 0 Å². The highest BCUT2D eigenvalue weighted by molar-refractivity contribution is 5.89. The lowest BCUT2D eigenvalue weighted by molar-refractivity contribution is -0.121. The fourth-order valence-corrected chi connectivity index (χ4v) is 3.22. The number of anilines is 2. The van der Waals surface area contributed by atoms with E-state index in [1.165, 1.54) is 12.6 Å². The van der Waals surface area contributed by atoms with Crippen molar-refractivity contribution in [2.75, 3.05) is 42.9 Å². The van der Waals surface area contributed by atoms with Crippen molar-refractivity contribution in [1.29, 1.82) is 0 Å². The smallest absolute Gasteiger partial charge is 0.241 e. The molecule has 7 nitrogen and oxygen atoms in total. The highest BCUT2D eigenvalue weighted by Gasteiger charge is 2.17. The van der Waals surface area contributed by atoms with Gasteiger partial charge in [-0.3, -0.25) is 14.5 Å². The van der Waals surface area contributed by atoms with Gasteiger partial charge in [0.1, 0.15) is 0 Å². The Morgan fingerprint density at radius 2 is 1.69 bits per heavy atom. The minimum Gasteiger partial charge on any atom is -0.369 e. The van der Waals surface area contributed by atoms with Crippen molar-refractivity contribution in [2.45, 2.75) is 13.3 Å². The van der Waals surface area contributed by atoms with Gasteiger partial charge >= 0.3 is 0 Å². The monoisotopic (exact) mass is 393 g/mol. The molecule has 0 radical (unpaired) electrons. The summed E-state index contributed by atoms with van der Waals surface area (Å²) in [6.45, 7) is 6.04. The Bertz CT molecular complexity index is 828. The third kappa shape index (κ3) is 6.73. The van der Waals surface area contributed by atoms with Crippen molar-refractivity contribution in [3.05, 3.63) is 60.2 Å². The van der Waals surface area contributed by atoms with Crippen LogP contribution in [0.4, 0.5) is 11.4 Å². The zero-order valence-corrected chi connectivity index (χ0v) is 16.7. The van der Waals surface area contributed by atoms with Crippen molar-refractivity contribution in [2.24, 2.45) is 5.10 Å². The summed E-state index contributed by atoms with van der Waals surface area (Å²) in [6, 6.07) is 17.7. The SMILES string of the molecule is CC(=O)Nc1ccc(/C=N\NC(=O)CCN2CCN(c3ccccc3)CC2)cc1. The maximum absolute atomic E-state index is 12.0. The van der Waals surface area contributed by atoms with Crippen LogP contribution >= 0.6 is 0 Å². The average Bonchev–Trinajstić information content (AvgIpc) is 2.74. The number of nitrogens with zero attached hydrogens (tertiary/aromatic N) is 3. The molecule has 1 aliphatic rings. The molecule has 29 heavy (non-hydrogen) atoms. The first kappa shape index (κ1) is 20.5. The van der Waals surface area contributed by atoms with E-state index >= 15 is 0 Å². The van der Waals surface area contributed by atoms with Crippen molar-refractivity contribution < 1.29 is 9.59 Å². The molecular weight excluding hydrogens is 366 g/mol. The maximum atomic E-state index is 12.0. The number of hydrogen-bond acceptors (Lipinski definition) is 5. The number of rotatable bonds is 7. The lowest BCUT2D eigenvalue weighted by Crippen LogP contribution is -2.47. The second-order valence-corrected chi connectivity index (χ2v) is 7.01. The van der Waals surface area contributed by atoms with E-state index in [4.69, 9.17) is 0 Å². The van der Waals surface area contributed by atoms with Crippen LogP contribution in [0.15, 0.2) is 59.7 Å². The second kappa shape index (κ2) is 10.4. The lowest BCUT2D eigenvalue weighted by Gasteiger charge is -2.36. The van der Waals surface area contributed by atoms with Crippen LogP contribution in [0.3, 0.4) is 0 Å². The molecule has 1 aliphatic heterocycles. The van der Waals surface area contributed by atoms with Crippen LogP contribution in [0.2, 0.25) is 0 Å². The normalized spacial score (nSPS) is 14.7. The highest BCUT2D eigenvalue weighted by Crippen LogP contribution is 2.15. The summed E-state index contributed by atoms with van der Waals surface area (Å²) in [6.07, 6.45) is 2.01. The molecule has 2 aromatic carbocycles. The number of benzene rings is 2. The Morgan fingerprint density at radius 3 is 2.34 bits per heavy atom. The van der Waals surface area contributed by atoms with E-state index in [0.29, 0.717) is 6.42 Å². The summed E-state index contributed by atoms with van der Waals surface area (Å²) in [7, 11) is 0. The molecule has 2 N–H and O–H groups in total. The molecule has 0 aromatic heterocycles. The third-order valence-electron chi connectivity index (χ3n) is 4.78. The number of piperazine rings is 1. The quantitative estimate of drug-likeness (QED) is 0.559. The van der Waals surface area contributed by atoms with Gasteiger partial charge < -0.3 is 10.2 Å². The van der Waals surface area contributed by atoms with Crippen LogP contribution in [0.25, 0.3) is 0 Å². The van der Waals surface area contributed by atoms with Crippen LogP contribution < -0.4 is 15.6 Å². The van der Waals surface area contributed by atoms with Gasteiger partial charge in [-0.1, -0.05) is 30.3 Å². The van der Waals surface area contributed by atoms with Gasteiger partial charge in [-0.2, -0.15) is 5.10 Å². The van der Waals surface area contributed by atoms with E-state index in [2.05, 4.69) is 49.9 Å². The summed E-state index contributed by atoms with van der Waals surface area (Å²) >= 11 is 0. The largest absolute Gasteiger partial charge is 0.369 e. The summed E-state index contributed by atoms with van der Waals surface area (Å²) in [5.41, 5.74) is 5.40. The van der Waals surface area contributed by atoms with Crippen LogP contribution in [0.5, 0.6) is 0 Å². The summed E-state index contributed by atoms with van der Waals surface area (Å²) in [5, 5.41) is 6.71. The molecule has 3 rings (SSSR count). The van der Waals surface area contributed by atoms with Crippen molar-refractivity contribution in [3.8, 4) is 0 Å². The minimum absolute atomic E-state index is 0.0957. The summed E-state index contributed by atoms with van der Waals surface area (Å²) in [4.78, 5) is 27.7. The Balaban J connectivity index is 1.35. The van der Waals surface area contributed by atoms with Gasteiger partial charge in [0.2, 0.25) is 11.8 Å². The van der Waals surface area contributed by atoms with E-state index < -0.39 is 0 Å². The standard InChI is InChI=1S/C22H27N5O2/c1-18(28)24-20-9-7-19(8-10-20)17-23-25-22(29)11-12-26-13-15-27(16-14-26)21-5-3-2-4-6-21/h2-10,17H,11-16H2,1H3,(H,24,28)(H,25,29)/b23-17-. The zero-order valence-electron chi connectivity index (χ0n) is 16.7. The molecule has 1 saturated heterocycles. The average molecular weight is 393 g/mol. The molecule has 2 amide bonds. The molecule has 1 heterocycles. The molecule has 152 valence electrons. The van der Waals surface area contributed by atoms with Gasteiger partial charge in [0.15, 0.2) is 0 Å². The Hall–Kier alpha value is -3.19. The summed E-state index contributed by atoms with van der Waals surface area (Å²) < 4.78 is 0. The topological polar surface area (TPSA) is 77.0 Å². The molecule has 0 unspecified atom stereocenters. The molecule has 0 spiro atoms. The van der Waals surface area contributed by atoms with Crippen molar-refractivity contribution in [1.82, 2.24) is 10.3 Å².